The fraction of sp³-hybridized carbons (Fsp3) is 0.556. The molecule has 3 saturated carbocycles. The van der Waals surface area contributed by atoms with Crippen molar-refractivity contribution in [3.05, 3.63) is 59.3 Å². The second-order valence-corrected chi connectivity index (χ2v) is 16.5. The second kappa shape index (κ2) is 14.3. The van der Waals surface area contributed by atoms with Crippen molar-refractivity contribution >= 4 is 33.3 Å². The van der Waals surface area contributed by atoms with Crippen LogP contribution < -0.4 is 9.64 Å². The summed E-state index contributed by atoms with van der Waals surface area (Å²) in [6, 6.07) is 7.09. The number of benzene rings is 1. The van der Waals surface area contributed by atoms with Crippen molar-refractivity contribution in [1.82, 2.24) is 5.16 Å². The molecule has 0 bridgehead atoms. The summed E-state index contributed by atoms with van der Waals surface area (Å²) in [5.41, 5.74) is -6.23. The van der Waals surface area contributed by atoms with Crippen molar-refractivity contribution in [3.63, 3.8) is 0 Å². The number of Topliss-reactive ketones (excluding diaryl/α,β-unsaturated/α-hetero) is 1. The third kappa shape index (κ3) is 6.12. The molecule has 292 valence electrons. The Hall–Kier alpha value is -4.52. The van der Waals surface area contributed by atoms with E-state index in [9.17, 15) is 43.0 Å². The summed E-state index contributed by atoms with van der Waals surface area (Å²) in [5.74, 6) is -6.67. The molecule has 0 amide bonds. The first-order valence-electron chi connectivity index (χ1n) is 17.4. The van der Waals surface area contributed by atoms with Crippen LogP contribution in [0, 0.1) is 33.8 Å². The van der Waals surface area contributed by atoms with Gasteiger partial charge in [-0.2, -0.15) is 0 Å². The number of rotatable bonds is 12. The van der Waals surface area contributed by atoms with Gasteiger partial charge in [0.25, 0.3) is 9.84 Å². The van der Waals surface area contributed by atoms with Gasteiger partial charge in [-0.1, -0.05) is 43.7 Å². The normalized spacial score (nSPS) is 32.9. The Kier molecular flexibility index (Phi) is 10.4. The molecule has 1 aromatic heterocycles. The highest BCUT2D eigenvalue weighted by molar-refractivity contribution is 7.91. The standard InChI is InChI=1S/C36H41FN2O14S/c1-21-17-26-25-10-9-22-18-23(40)11-12-33(22,2)35(25,37)27(41)19-34(26,3)36(21,45)28(42)20-52-32(44)31(43)51-16-14-49-13-15-50-29-30(39(46)53-38-29)54(47,48)24-7-5-4-6-8-24/h4-8,11-12,18,21,25-27,41,45H,9-10,13-17,19-20H2,1-3H3/t21-,25+,26+,27+,33+,34+,35+,36+/m1/s1. The van der Waals surface area contributed by atoms with E-state index in [-0.39, 0.29) is 48.2 Å². The SMILES string of the molecule is C[C@@H]1C[C@H]2[C@@H]3CCC4=CC(=O)C=C[C@]4(C)[C@@]3(F)[C@@H](O)C[C@]2(C)[C@@]1(O)C(=O)COC(=O)C(=O)OCCOCCOc1no[n+]([O-])c1S(=O)(=O)c1ccccc1. The first-order valence-corrected chi connectivity index (χ1v) is 18.9. The molecule has 16 nitrogen and oxygen atoms in total. The third-order valence-corrected chi connectivity index (χ3v) is 13.7. The van der Waals surface area contributed by atoms with Crippen LogP contribution in [0.2, 0.25) is 0 Å². The number of aliphatic hydroxyl groups is 2. The number of ether oxygens (including phenoxy) is 4. The van der Waals surface area contributed by atoms with Crippen LogP contribution in [0.5, 0.6) is 5.88 Å². The van der Waals surface area contributed by atoms with Crippen LogP contribution in [0.3, 0.4) is 0 Å². The predicted molar refractivity (Wildman–Crippen MR) is 178 cm³/mol. The Morgan fingerprint density at radius 3 is 2.48 bits per heavy atom. The average molecular weight is 777 g/mol. The maximum atomic E-state index is 17.4. The van der Waals surface area contributed by atoms with E-state index in [0.29, 0.717) is 18.4 Å². The Bertz CT molecular complexity index is 2000. The van der Waals surface area contributed by atoms with E-state index in [1.165, 1.54) is 42.5 Å². The Balaban J connectivity index is 0.976. The fourth-order valence-corrected chi connectivity index (χ4v) is 10.5. The molecule has 0 saturated heterocycles. The van der Waals surface area contributed by atoms with E-state index in [0.717, 1.165) is 0 Å². The summed E-state index contributed by atoms with van der Waals surface area (Å²) in [6.07, 6.45) is 3.35. The lowest BCUT2D eigenvalue weighted by molar-refractivity contribution is -0.832. The monoisotopic (exact) mass is 776 g/mol. The van der Waals surface area contributed by atoms with Gasteiger partial charge in [0.05, 0.1) is 29.4 Å². The molecule has 6 rings (SSSR count). The number of carbonyl (C=O) groups is 4. The van der Waals surface area contributed by atoms with E-state index >= 15 is 4.39 Å². The number of ketones is 2. The number of alkyl halides is 1. The number of halogens is 1. The molecule has 0 aliphatic heterocycles. The van der Waals surface area contributed by atoms with E-state index in [4.69, 9.17) is 18.9 Å². The van der Waals surface area contributed by atoms with E-state index in [2.05, 4.69) is 9.79 Å². The Morgan fingerprint density at radius 1 is 1.07 bits per heavy atom. The number of esters is 2. The molecule has 1 aromatic carbocycles. The van der Waals surface area contributed by atoms with Gasteiger partial charge in [0.1, 0.15) is 18.8 Å². The second-order valence-electron chi connectivity index (χ2n) is 14.6. The lowest BCUT2D eigenvalue weighted by atomic mass is 9.44. The molecule has 18 heteroatoms. The molecule has 4 aliphatic rings. The highest BCUT2D eigenvalue weighted by Crippen LogP contribution is 2.70. The van der Waals surface area contributed by atoms with Gasteiger partial charge >= 0.3 is 22.8 Å². The summed E-state index contributed by atoms with van der Waals surface area (Å²) in [7, 11) is -4.32. The minimum atomic E-state index is -4.32. The number of nitrogens with zero attached hydrogens (tertiary/aromatic N) is 2. The van der Waals surface area contributed by atoms with Crippen LogP contribution in [0.25, 0.3) is 0 Å². The highest BCUT2D eigenvalue weighted by atomic mass is 32.2. The minimum Gasteiger partial charge on any atom is -0.455 e. The van der Waals surface area contributed by atoms with Crippen LogP contribution in [0.4, 0.5) is 4.39 Å². The van der Waals surface area contributed by atoms with Gasteiger partial charge in [-0.15, -0.1) is 0 Å². The number of fused-ring (bicyclic) bond motifs is 5. The molecule has 0 spiro atoms. The van der Waals surface area contributed by atoms with Gasteiger partial charge in [0, 0.05) is 16.7 Å². The average Bonchev–Trinajstić information content (AvgIpc) is 3.61. The fourth-order valence-electron chi connectivity index (χ4n) is 9.23. The first-order chi connectivity index (χ1) is 25.4. The van der Waals surface area contributed by atoms with Crippen LogP contribution in [0.15, 0.2) is 68.7 Å². The molecule has 8 atom stereocenters. The highest BCUT2D eigenvalue weighted by Gasteiger charge is 2.75. The molecule has 2 aromatic rings. The molecule has 1 heterocycles. The van der Waals surface area contributed by atoms with Crippen molar-refractivity contribution < 1.29 is 70.7 Å². The maximum Gasteiger partial charge on any atom is 0.417 e. The number of aromatic nitrogens is 2. The van der Waals surface area contributed by atoms with Crippen LogP contribution in [-0.2, 0) is 43.2 Å². The minimum absolute atomic E-state index is 0.183. The summed E-state index contributed by atoms with van der Waals surface area (Å²) in [6.45, 7) is 2.82. The number of hydrogen-bond acceptors (Lipinski definition) is 15. The zero-order valence-corrected chi connectivity index (χ0v) is 30.6. The molecule has 3 fully saturated rings. The van der Waals surface area contributed by atoms with Crippen LogP contribution >= 0.6 is 0 Å². The van der Waals surface area contributed by atoms with Crippen LogP contribution in [0.1, 0.15) is 46.5 Å². The summed E-state index contributed by atoms with van der Waals surface area (Å²) in [4.78, 5) is 49.9. The summed E-state index contributed by atoms with van der Waals surface area (Å²) < 4.78 is 67.6. The van der Waals surface area contributed by atoms with Gasteiger partial charge in [-0.05, 0) is 73.6 Å². The number of carbonyl (C=O) groups excluding carboxylic acids is 4. The third-order valence-electron chi connectivity index (χ3n) is 11.9. The largest absolute Gasteiger partial charge is 0.455 e. The zero-order chi connectivity index (χ0) is 39.3. The molecular formula is C36H41FN2O14S. The molecule has 0 unspecified atom stereocenters. The topological polar surface area (TPSA) is 233 Å². The van der Waals surface area contributed by atoms with Crippen molar-refractivity contribution in [3.8, 4) is 5.88 Å². The predicted octanol–water partition coefficient (Wildman–Crippen LogP) is 1.54. The zero-order valence-electron chi connectivity index (χ0n) is 29.8. The lowest BCUT2D eigenvalue weighted by Crippen LogP contribution is -2.69. The quantitative estimate of drug-likeness (QED) is 0.135. The Morgan fingerprint density at radius 2 is 1.76 bits per heavy atom. The summed E-state index contributed by atoms with van der Waals surface area (Å²) >= 11 is 0. The van der Waals surface area contributed by atoms with Gasteiger partial charge in [-0.3, -0.25) is 14.2 Å². The number of aliphatic hydroxyl groups excluding tert-OH is 1. The van der Waals surface area contributed by atoms with E-state index in [1.54, 1.807) is 26.8 Å². The van der Waals surface area contributed by atoms with Crippen molar-refractivity contribution in [2.75, 3.05) is 33.0 Å². The molecule has 2 N–H and O–H groups in total. The van der Waals surface area contributed by atoms with E-state index < -0.39 is 97.6 Å². The molecular weight excluding hydrogens is 735 g/mol. The summed E-state index contributed by atoms with van der Waals surface area (Å²) in [5, 5.41) is 38.0. The smallest absolute Gasteiger partial charge is 0.417 e. The molecule has 54 heavy (non-hydrogen) atoms. The lowest BCUT2D eigenvalue weighted by Gasteiger charge is -2.62. The van der Waals surface area contributed by atoms with Gasteiger partial charge < -0.3 is 34.4 Å². The molecule has 0 radical (unpaired) electrons. The van der Waals surface area contributed by atoms with Gasteiger partial charge in [0.2, 0.25) is 5.78 Å². The number of hydrogen-bond donors (Lipinski definition) is 2. The van der Waals surface area contributed by atoms with Gasteiger partial charge in [-0.25, -0.2) is 22.4 Å². The van der Waals surface area contributed by atoms with E-state index in [1.807, 2.05) is 0 Å². The van der Waals surface area contributed by atoms with Gasteiger partial charge in [0.15, 0.2) is 18.1 Å². The molecule has 4 aliphatic carbocycles. The van der Waals surface area contributed by atoms with Crippen molar-refractivity contribution in [1.29, 1.82) is 0 Å². The number of allylic oxidation sites excluding steroid dienone is 4. The van der Waals surface area contributed by atoms with Crippen molar-refractivity contribution in [2.45, 2.75) is 73.7 Å². The van der Waals surface area contributed by atoms with Crippen LogP contribution in [-0.4, -0.2) is 97.7 Å². The maximum absolute atomic E-state index is 17.4. The first kappa shape index (κ1) is 39.2. The number of sulfone groups is 1. The Labute approximate surface area is 309 Å². The van der Waals surface area contributed by atoms with Crippen molar-refractivity contribution in [2.24, 2.45) is 28.6 Å².